The number of para-hydroxylation sites is 1. The average Bonchev–Trinajstić information content (AvgIpc) is 3.35. The molecule has 1 aromatic carbocycles. The van der Waals surface area contributed by atoms with E-state index in [1.807, 2.05) is 24.1 Å². The SMILES string of the molecule is Cc1cc(NC(=O)CN(C)CC2CCCN2c2cccnn2)n(-c2ccccc2F)n1. The highest BCUT2D eigenvalue weighted by atomic mass is 19.1. The standard InChI is InChI=1S/C22H26FN7O/c1-16-13-21(30(27-16)19-9-4-3-8-18(19)23)25-22(31)15-28(2)14-17-7-6-12-29(17)20-10-5-11-24-26-20/h3-5,8-11,13,17H,6-7,12,14-15H2,1-2H3,(H,25,31). The van der Waals surface area contributed by atoms with Gasteiger partial charge >= 0.3 is 0 Å². The van der Waals surface area contributed by atoms with Crippen LogP contribution in [0.15, 0.2) is 48.7 Å². The van der Waals surface area contributed by atoms with Crippen LogP contribution < -0.4 is 10.2 Å². The molecule has 1 unspecified atom stereocenters. The largest absolute Gasteiger partial charge is 0.351 e. The maximum absolute atomic E-state index is 14.2. The summed E-state index contributed by atoms with van der Waals surface area (Å²) >= 11 is 0. The number of nitrogens with one attached hydrogen (secondary N) is 1. The van der Waals surface area contributed by atoms with E-state index >= 15 is 0 Å². The smallest absolute Gasteiger partial charge is 0.239 e. The van der Waals surface area contributed by atoms with Crippen LogP contribution in [0, 0.1) is 12.7 Å². The van der Waals surface area contributed by atoms with E-state index in [1.54, 1.807) is 37.4 Å². The molecule has 3 aromatic rings. The fourth-order valence-corrected chi connectivity index (χ4v) is 4.02. The molecule has 8 nitrogen and oxygen atoms in total. The van der Waals surface area contributed by atoms with Gasteiger partial charge in [0.15, 0.2) is 5.82 Å². The fourth-order valence-electron chi connectivity index (χ4n) is 4.02. The summed E-state index contributed by atoms with van der Waals surface area (Å²) in [4.78, 5) is 16.9. The third-order valence-electron chi connectivity index (χ3n) is 5.35. The zero-order valence-corrected chi connectivity index (χ0v) is 17.7. The first kappa shape index (κ1) is 20.9. The topological polar surface area (TPSA) is 79.2 Å². The summed E-state index contributed by atoms with van der Waals surface area (Å²) in [5.74, 6) is 0.739. The summed E-state index contributed by atoms with van der Waals surface area (Å²) in [7, 11) is 1.92. The van der Waals surface area contributed by atoms with Gasteiger partial charge in [-0.05, 0) is 51.1 Å². The Kier molecular flexibility index (Phi) is 6.22. The molecule has 0 aliphatic carbocycles. The molecule has 0 radical (unpaired) electrons. The van der Waals surface area contributed by atoms with Gasteiger partial charge in [0.1, 0.15) is 17.3 Å². The van der Waals surface area contributed by atoms with Crippen molar-refractivity contribution in [2.75, 3.05) is 36.9 Å². The zero-order chi connectivity index (χ0) is 21.8. The molecule has 1 amide bonds. The molecule has 0 bridgehead atoms. The Balaban J connectivity index is 1.39. The molecule has 1 aliphatic heterocycles. The van der Waals surface area contributed by atoms with Gasteiger partial charge in [-0.2, -0.15) is 10.2 Å². The number of halogens is 1. The van der Waals surface area contributed by atoms with Crippen LogP contribution in [0.4, 0.5) is 16.0 Å². The number of rotatable bonds is 7. The number of hydrogen-bond acceptors (Lipinski definition) is 6. The molecular formula is C22H26FN7O. The summed E-state index contributed by atoms with van der Waals surface area (Å²) in [6.07, 6.45) is 3.79. The van der Waals surface area contributed by atoms with E-state index in [4.69, 9.17) is 0 Å². The molecule has 4 rings (SSSR count). The molecule has 1 N–H and O–H groups in total. The lowest BCUT2D eigenvalue weighted by Crippen LogP contribution is -2.42. The second-order valence-corrected chi connectivity index (χ2v) is 7.85. The molecular weight excluding hydrogens is 397 g/mol. The minimum Gasteiger partial charge on any atom is -0.351 e. The summed E-state index contributed by atoms with van der Waals surface area (Å²) in [6.45, 7) is 3.69. The van der Waals surface area contributed by atoms with E-state index in [2.05, 4.69) is 25.5 Å². The number of nitrogens with zero attached hydrogens (tertiary/aromatic N) is 6. The molecule has 9 heteroatoms. The first-order chi connectivity index (χ1) is 15.0. The Bertz CT molecular complexity index is 1040. The van der Waals surface area contributed by atoms with Gasteiger partial charge in [0.05, 0.1) is 12.2 Å². The van der Waals surface area contributed by atoms with Gasteiger partial charge in [-0.15, -0.1) is 5.10 Å². The molecule has 1 saturated heterocycles. The third kappa shape index (κ3) is 4.88. The highest BCUT2D eigenvalue weighted by molar-refractivity contribution is 5.91. The van der Waals surface area contributed by atoms with Crippen LogP contribution in [-0.2, 0) is 4.79 Å². The number of amides is 1. The van der Waals surface area contributed by atoms with Crippen molar-refractivity contribution < 1.29 is 9.18 Å². The van der Waals surface area contributed by atoms with Gasteiger partial charge in [0.25, 0.3) is 0 Å². The highest BCUT2D eigenvalue weighted by Crippen LogP contribution is 2.24. The van der Waals surface area contributed by atoms with Crippen LogP contribution in [0.3, 0.4) is 0 Å². The van der Waals surface area contributed by atoms with Crippen LogP contribution in [-0.4, -0.2) is 63.5 Å². The number of likely N-dealkylation sites (N-methyl/N-ethyl adjacent to an activating group) is 1. The highest BCUT2D eigenvalue weighted by Gasteiger charge is 2.27. The van der Waals surface area contributed by atoms with Gasteiger partial charge < -0.3 is 10.2 Å². The lowest BCUT2D eigenvalue weighted by Gasteiger charge is -2.28. The Morgan fingerprint density at radius 2 is 2.13 bits per heavy atom. The Hall–Kier alpha value is -3.33. The van der Waals surface area contributed by atoms with E-state index in [0.717, 1.165) is 31.7 Å². The lowest BCUT2D eigenvalue weighted by molar-refractivity contribution is -0.117. The summed E-state index contributed by atoms with van der Waals surface area (Å²) < 4.78 is 15.6. The van der Waals surface area contributed by atoms with Crippen LogP contribution in [0.1, 0.15) is 18.5 Å². The van der Waals surface area contributed by atoms with Gasteiger partial charge in [-0.25, -0.2) is 9.07 Å². The molecule has 0 spiro atoms. The van der Waals surface area contributed by atoms with Crippen molar-refractivity contribution in [1.29, 1.82) is 0 Å². The normalized spacial score (nSPS) is 16.1. The number of anilines is 2. The molecule has 1 fully saturated rings. The molecule has 2 aromatic heterocycles. The molecule has 162 valence electrons. The van der Waals surface area contributed by atoms with Crippen molar-refractivity contribution in [2.45, 2.75) is 25.8 Å². The van der Waals surface area contributed by atoms with E-state index in [1.165, 1.54) is 10.7 Å². The van der Waals surface area contributed by atoms with Crippen molar-refractivity contribution in [3.05, 3.63) is 60.2 Å². The second kappa shape index (κ2) is 9.22. The quantitative estimate of drug-likeness (QED) is 0.630. The predicted octanol–water partition coefficient (Wildman–Crippen LogP) is 2.65. The van der Waals surface area contributed by atoms with Crippen LogP contribution in [0.2, 0.25) is 0 Å². The maximum atomic E-state index is 14.2. The number of carbonyl (C=O) groups is 1. The number of aryl methyl sites for hydroxylation is 1. The third-order valence-corrected chi connectivity index (χ3v) is 5.35. The summed E-state index contributed by atoms with van der Waals surface area (Å²) in [6, 6.07) is 12.2. The van der Waals surface area contributed by atoms with Crippen LogP contribution >= 0.6 is 0 Å². The Morgan fingerprint density at radius 1 is 1.29 bits per heavy atom. The summed E-state index contributed by atoms with van der Waals surface area (Å²) in [5, 5.41) is 15.4. The minimum atomic E-state index is -0.399. The van der Waals surface area contributed by atoms with E-state index in [-0.39, 0.29) is 18.5 Å². The molecule has 31 heavy (non-hydrogen) atoms. The predicted molar refractivity (Wildman–Crippen MR) is 117 cm³/mol. The van der Waals surface area contributed by atoms with Gasteiger partial charge in [-0.3, -0.25) is 9.69 Å². The first-order valence-corrected chi connectivity index (χ1v) is 10.4. The van der Waals surface area contributed by atoms with E-state index in [0.29, 0.717) is 17.2 Å². The monoisotopic (exact) mass is 423 g/mol. The van der Waals surface area contributed by atoms with Crippen molar-refractivity contribution in [2.24, 2.45) is 0 Å². The zero-order valence-electron chi connectivity index (χ0n) is 17.7. The average molecular weight is 423 g/mol. The molecule has 0 saturated carbocycles. The van der Waals surface area contributed by atoms with Crippen LogP contribution in [0.5, 0.6) is 0 Å². The Morgan fingerprint density at radius 3 is 2.90 bits per heavy atom. The van der Waals surface area contributed by atoms with Crippen molar-refractivity contribution >= 4 is 17.5 Å². The van der Waals surface area contributed by atoms with Gasteiger partial charge in [0.2, 0.25) is 5.91 Å². The Labute approximate surface area is 180 Å². The van der Waals surface area contributed by atoms with E-state index in [9.17, 15) is 9.18 Å². The number of benzene rings is 1. The lowest BCUT2D eigenvalue weighted by atomic mass is 10.2. The number of hydrogen-bond donors (Lipinski definition) is 1. The second-order valence-electron chi connectivity index (χ2n) is 7.85. The number of carbonyl (C=O) groups excluding carboxylic acids is 1. The first-order valence-electron chi connectivity index (χ1n) is 10.4. The van der Waals surface area contributed by atoms with E-state index < -0.39 is 5.82 Å². The van der Waals surface area contributed by atoms with Gasteiger partial charge in [0, 0.05) is 31.4 Å². The maximum Gasteiger partial charge on any atom is 0.239 e. The van der Waals surface area contributed by atoms with Crippen molar-refractivity contribution in [3.8, 4) is 5.69 Å². The fraction of sp³-hybridized carbons (Fsp3) is 0.364. The van der Waals surface area contributed by atoms with Crippen molar-refractivity contribution in [3.63, 3.8) is 0 Å². The van der Waals surface area contributed by atoms with Crippen LogP contribution in [0.25, 0.3) is 5.69 Å². The minimum absolute atomic E-state index is 0.177. The van der Waals surface area contributed by atoms with Crippen molar-refractivity contribution in [1.82, 2.24) is 24.9 Å². The number of aromatic nitrogens is 4. The molecule has 1 aliphatic rings. The summed E-state index contributed by atoms with van der Waals surface area (Å²) in [5.41, 5.74) is 0.988. The molecule has 3 heterocycles. The van der Waals surface area contributed by atoms with Gasteiger partial charge in [-0.1, -0.05) is 12.1 Å². The molecule has 1 atom stereocenters.